The fourth-order valence-electron chi connectivity index (χ4n) is 2.27. The molecule has 1 aromatic carbocycles. The minimum Gasteiger partial charge on any atom is -0.432 e. The Kier molecular flexibility index (Phi) is 8.86. The summed E-state index contributed by atoms with van der Waals surface area (Å²) in [4.78, 5) is 32.0. The van der Waals surface area contributed by atoms with Crippen molar-refractivity contribution in [3.8, 4) is 0 Å². The molecular formula is C18H26O6. The molecule has 134 valence electrons. The van der Waals surface area contributed by atoms with Gasteiger partial charge < -0.3 is 4.74 Å². The number of carbonyl (C=O) groups is 2. The van der Waals surface area contributed by atoms with Gasteiger partial charge in [0.25, 0.3) is 0 Å². The summed E-state index contributed by atoms with van der Waals surface area (Å²) in [5.41, 5.74) is 2.11. The van der Waals surface area contributed by atoms with Gasteiger partial charge in [-0.1, -0.05) is 50.8 Å². The molecule has 1 atom stereocenters. The molecule has 0 bridgehead atoms. The van der Waals surface area contributed by atoms with Gasteiger partial charge in [-0.05, 0) is 37.8 Å². The van der Waals surface area contributed by atoms with Crippen LogP contribution in [0.2, 0.25) is 0 Å². The highest BCUT2D eigenvalue weighted by molar-refractivity contribution is 5.90. The molecule has 0 aliphatic carbocycles. The fraction of sp³-hybridized carbons (Fsp3) is 0.556. The Morgan fingerprint density at radius 2 is 1.88 bits per heavy atom. The molecule has 0 spiro atoms. The Morgan fingerprint density at radius 1 is 1.12 bits per heavy atom. The van der Waals surface area contributed by atoms with Crippen LogP contribution in [-0.2, 0) is 19.6 Å². The molecular weight excluding hydrogens is 312 g/mol. The number of hydrogen-bond acceptors (Lipinski definition) is 6. The summed E-state index contributed by atoms with van der Waals surface area (Å²) < 4.78 is 4.94. The molecule has 0 saturated heterocycles. The first-order valence-corrected chi connectivity index (χ1v) is 8.27. The van der Waals surface area contributed by atoms with Crippen LogP contribution in [0.25, 0.3) is 0 Å². The van der Waals surface area contributed by atoms with E-state index in [9.17, 15) is 9.59 Å². The summed E-state index contributed by atoms with van der Waals surface area (Å²) in [7, 11) is 0. The first kappa shape index (κ1) is 20.0. The number of unbranched alkanes of at least 4 members (excludes halogenated alkanes) is 1. The van der Waals surface area contributed by atoms with Gasteiger partial charge in [0.1, 0.15) is 0 Å². The van der Waals surface area contributed by atoms with Gasteiger partial charge in [0, 0.05) is 0 Å². The largest absolute Gasteiger partial charge is 0.543 e. The Labute approximate surface area is 142 Å². The van der Waals surface area contributed by atoms with Gasteiger partial charge in [0.2, 0.25) is 0 Å². The molecule has 1 rings (SSSR count). The number of benzene rings is 1. The van der Waals surface area contributed by atoms with E-state index in [1.807, 2.05) is 19.9 Å². The molecule has 0 fully saturated rings. The second-order valence-electron chi connectivity index (χ2n) is 5.82. The van der Waals surface area contributed by atoms with Gasteiger partial charge in [-0.3, -0.25) is 4.89 Å². The maximum atomic E-state index is 11.8. The summed E-state index contributed by atoms with van der Waals surface area (Å²) >= 11 is 0. The van der Waals surface area contributed by atoms with Crippen molar-refractivity contribution in [1.29, 1.82) is 0 Å². The summed E-state index contributed by atoms with van der Waals surface area (Å²) in [6.45, 7) is 8.10. The van der Waals surface area contributed by atoms with Crippen LogP contribution < -0.4 is 0 Å². The monoisotopic (exact) mass is 338 g/mol. The molecule has 24 heavy (non-hydrogen) atoms. The van der Waals surface area contributed by atoms with Crippen molar-refractivity contribution in [3.05, 3.63) is 34.9 Å². The van der Waals surface area contributed by atoms with Gasteiger partial charge in [-0.25, -0.2) is 14.5 Å². The fourth-order valence-corrected chi connectivity index (χ4v) is 2.27. The zero-order chi connectivity index (χ0) is 17.9. The predicted octanol–water partition coefficient (Wildman–Crippen LogP) is 4.68. The third-order valence-corrected chi connectivity index (χ3v) is 3.79. The Bertz CT molecular complexity index is 540. The number of aryl methyl sites for hydroxylation is 2. The van der Waals surface area contributed by atoms with Crippen LogP contribution in [0, 0.1) is 19.8 Å². The Balaban J connectivity index is 2.30. The van der Waals surface area contributed by atoms with E-state index in [1.54, 1.807) is 19.1 Å². The van der Waals surface area contributed by atoms with Crippen LogP contribution in [0.4, 0.5) is 4.79 Å². The molecule has 6 heteroatoms. The molecule has 0 radical (unpaired) electrons. The lowest BCUT2D eigenvalue weighted by Gasteiger charge is -2.13. The SMILES string of the molecule is CCCCC(CC)COC(=O)OOOC(=O)c1ccc(C)cc1C. The Morgan fingerprint density at radius 3 is 2.50 bits per heavy atom. The van der Waals surface area contributed by atoms with Crippen molar-refractivity contribution in [3.63, 3.8) is 0 Å². The van der Waals surface area contributed by atoms with E-state index < -0.39 is 12.1 Å². The topological polar surface area (TPSA) is 71.1 Å². The summed E-state index contributed by atoms with van der Waals surface area (Å²) in [5.74, 6) is -0.454. The van der Waals surface area contributed by atoms with Crippen LogP contribution in [0.5, 0.6) is 0 Å². The van der Waals surface area contributed by atoms with Crippen LogP contribution in [0.15, 0.2) is 18.2 Å². The lowest BCUT2D eigenvalue weighted by Crippen LogP contribution is -2.16. The zero-order valence-electron chi connectivity index (χ0n) is 14.8. The first-order valence-electron chi connectivity index (χ1n) is 8.27. The van der Waals surface area contributed by atoms with Crippen molar-refractivity contribution in [1.82, 2.24) is 0 Å². The van der Waals surface area contributed by atoms with Gasteiger partial charge in [-0.2, -0.15) is 0 Å². The predicted molar refractivity (Wildman–Crippen MR) is 88.2 cm³/mol. The smallest absolute Gasteiger partial charge is 0.432 e. The van der Waals surface area contributed by atoms with E-state index in [0.29, 0.717) is 5.56 Å². The molecule has 0 aliphatic heterocycles. The van der Waals surface area contributed by atoms with E-state index in [0.717, 1.165) is 36.8 Å². The van der Waals surface area contributed by atoms with Crippen LogP contribution >= 0.6 is 0 Å². The normalized spacial score (nSPS) is 11.7. The molecule has 1 unspecified atom stereocenters. The van der Waals surface area contributed by atoms with E-state index in [1.165, 1.54) is 0 Å². The molecule has 0 heterocycles. The van der Waals surface area contributed by atoms with Crippen molar-refractivity contribution >= 4 is 12.1 Å². The van der Waals surface area contributed by atoms with E-state index >= 15 is 0 Å². The zero-order valence-corrected chi connectivity index (χ0v) is 14.8. The second-order valence-corrected chi connectivity index (χ2v) is 5.82. The highest BCUT2D eigenvalue weighted by Gasteiger charge is 2.15. The van der Waals surface area contributed by atoms with Crippen molar-refractivity contribution in [2.75, 3.05) is 6.61 Å². The molecule has 0 aromatic heterocycles. The van der Waals surface area contributed by atoms with E-state index in [-0.39, 0.29) is 12.5 Å². The van der Waals surface area contributed by atoms with Crippen molar-refractivity contribution < 1.29 is 29.1 Å². The molecule has 0 saturated carbocycles. The third-order valence-electron chi connectivity index (χ3n) is 3.79. The van der Waals surface area contributed by atoms with Crippen LogP contribution in [-0.4, -0.2) is 18.7 Å². The Hall–Kier alpha value is -2.08. The summed E-state index contributed by atoms with van der Waals surface area (Å²) in [5, 5.41) is 4.22. The summed E-state index contributed by atoms with van der Waals surface area (Å²) in [6.07, 6.45) is 3.05. The average molecular weight is 338 g/mol. The number of hydrogen-bond donors (Lipinski definition) is 0. The molecule has 6 nitrogen and oxygen atoms in total. The molecule has 0 aliphatic rings. The van der Waals surface area contributed by atoms with Gasteiger partial charge >= 0.3 is 12.1 Å². The van der Waals surface area contributed by atoms with Crippen molar-refractivity contribution in [2.45, 2.75) is 53.4 Å². The highest BCUT2D eigenvalue weighted by Crippen LogP contribution is 2.14. The lowest BCUT2D eigenvalue weighted by atomic mass is 10.0. The minimum absolute atomic E-state index is 0.254. The summed E-state index contributed by atoms with van der Waals surface area (Å²) in [6, 6.07) is 5.24. The molecule has 1 aromatic rings. The third kappa shape index (κ3) is 7.00. The van der Waals surface area contributed by atoms with E-state index in [4.69, 9.17) is 4.74 Å². The second kappa shape index (κ2) is 10.6. The number of rotatable bonds is 9. The molecule has 0 N–H and O–H groups in total. The maximum absolute atomic E-state index is 11.8. The van der Waals surface area contributed by atoms with Crippen molar-refractivity contribution in [2.24, 2.45) is 5.92 Å². The average Bonchev–Trinajstić information content (AvgIpc) is 2.54. The van der Waals surface area contributed by atoms with Crippen LogP contribution in [0.1, 0.15) is 61.0 Å². The van der Waals surface area contributed by atoms with Gasteiger partial charge in [0.05, 0.1) is 17.2 Å². The first-order chi connectivity index (χ1) is 11.5. The highest BCUT2D eigenvalue weighted by atomic mass is 17.5. The van der Waals surface area contributed by atoms with E-state index in [2.05, 4.69) is 21.7 Å². The number of ether oxygens (including phenoxy) is 1. The number of carbonyl (C=O) groups excluding carboxylic acids is 2. The molecule has 0 amide bonds. The van der Waals surface area contributed by atoms with Gasteiger partial charge in [0.15, 0.2) is 0 Å². The lowest BCUT2D eigenvalue weighted by molar-refractivity contribution is -0.452. The van der Waals surface area contributed by atoms with Crippen LogP contribution in [0.3, 0.4) is 0 Å². The van der Waals surface area contributed by atoms with Gasteiger partial charge in [-0.15, -0.1) is 0 Å². The quantitative estimate of drug-likeness (QED) is 0.370. The maximum Gasteiger partial charge on any atom is 0.543 e. The minimum atomic E-state index is -1.03. The standard InChI is InChI=1S/C18H26O6/c1-5-7-8-15(6-2)12-21-18(20)23-24-22-17(19)16-10-9-13(3)11-14(16)4/h9-11,15H,5-8,12H2,1-4H3.